The topological polar surface area (TPSA) is 200 Å². The number of anilines is 4. The Hall–Kier alpha value is -5.74. The highest BCUT2D eigenvalue weighted by molar-refractivity contribution is 6.40. The average Bonchev–Trinajstić information content (AvgIpc) is 3.23. The normalized spacial score (nSPS) is 13.2. The Morgan fingerprint density at radius 1 is 0.469 bits per heavy atom. The van der Waals surface area contributed by atoms with Crippen LogP contribution in [0.4, 0.5) is 34.1 Å². The number of carbonyl (C=O) groups excluding carboxylic acids is 6. The van der Waals surface area contributed by atoms with Crippen molar-refractivity contribution in [1.82, 2.24) is 0 Å². The lowest BCUT2D eigenvalue weighted by atomic mass is 10.1. The summed E-state index contributed by atoms with van der Waals surface area (Å²) in [7, 11) is 0. The smallest absolute Gasteiger partial charge is 0.258 e. The van der Waals surface area contributed by atoms with Crippen LogP contribution in [0.2, 0.25) is 20.1 Å². The van der Waals surface area contributed by atoms with E-state index in [9.17, 15) is 28.8 Å². The van der Waals surface area contributed by atoms with Crippen molar-refractivity contribution >= 4 is 139 Å². The van der Waals surface area contributed by atoms with Gasteiger partial charge in [0.15, 0.2) is 11.6 Å². The molecular weight excluding hydrogens is 949 g/mol. The summed E-state index contributed by atoms with van der Waals surface area (Å²) in [6.07, 6.45) is 0. The van der Waals surface area contributed by atoms with Crippen molar-refractivity contribution < 1.29 is 28.8 Å². The van der Waals surface area contributed by atoms with E-state index in [0.29, 0.717) is 11.4 Å². The molecule has 0 bridgehead atoms. The Bertz CT molecular complexity index is 2650. The van der Waals surface area contributed by atoms with Gasteiger partial charge in [-0.3, -0.25) is 28.8 Å². The van der Waals surface area contributed by atoms with Crippen LogP contribution in [0, 0.1) is 0 Å². The number of amides is 4. The molecule has 4 atom stereocenters. The van der Waals surface area contributed by atoms with Crippen LogP contribution in [0.3, 0.4) is 0 Å². The first kappa shape index (κ1) is 49.3. The molecule has 0 heterocycles. The van der Waals surface area contributed by atoms with Gasteiger partial charge in [-0.15, -0.1) is 23.2 Å². The largest absolute Gasteiger partial charge is 0.324 e. The van der Waals surface area contributed by atoms with Crippen molar-refractivity contribution in [2.45, 2.75) is 50.5 Å². The van der Waals surface area contributed by atoms with Crippen molar-refractivity contribution in [3.8, 4) is 0 Å². The summed E-state index contributed by atoms with van der Waals surface area (Å²) in [5, 5.41) is 25.7. The van der Waals surface area contributed by atoms with Crippen LogP contribution in [0.5, 0.6) is 0 Å². The first-order chi connectivity index (χ1) is 30.3. The third kappa shape index (κ3) is 13.2. The summed E-state index contributed by atoms with van der Waals surface area (Å²) >= 11 is 37.8. The van der Waals surface area contributed by atoms with E-state index in [1.165, 1.54) is 48.5 Å². The van der Waals surface area contributed by atoms with E-state index in [4.69, 9.17) is 69.6 Å². The van der Waals surface area contributed by atoms with Gasteiger partial charge in [0.2, 0.25) is 12.1 Å². The second kappa shape index (κ2) is 22.2. The molecule has 5 rings (SSSR count). The third-order valence-corrected chi connectivity index (χ3v) is 10.8. The molecule has 14 nitrogen and oxygen atoms in total. The summed E-state index contributed by atoms with van der Waals surface area (Å²) < 4.78 is 0. The molecule has 330 valence electrons. The highest BCUT2D eigenvalue weighted by Gasteiger charge is 2.27. The van der Waals surface area contributed by atoms with Gasteiger partial charge < -0.3 is 21.3 Å². The fourth-order valence-corrected chi connectivity index (χ4v) is 6.76. The van der Waals surface area contributed by atoms with Gasteiger partial charge in [-0.25, -0.2) is 0 Å². The second-order valence-electron chi connectivity index (χ2n) is 14.0. The van der Waals surface area contributed by atoms with Crippen LogP contribution in [0.25, 0.3) is 0 Å². The molecule has 0 aliphatic heterocycles. The third-order valence-electron chi connectivity index (χ3n) is 9.06. The second-order valence-corrected chi connectivity index (χ2v) is 16.9. The molecule has 0 radical (unpaired) electrons. The molecule has 4 amide bonds. The number of alkyl halides is 2. The minimum atomic E-state index is -1.70. The fraction of sp³-hybridized carbons (Fsp3) is 0.182. The summed E-state index contributed by atoms with van der Waals surface area (Å²) in [6, 6.07) is 21.5. The van der Waals surface area contributed by atoms with Crippen molar-refractivity contribution in [1.29, 1.82) is 0 Å². The van der Waals surface area contributed by atoms with Gasteiger partial charge in [-0.1, -0.05) is 70.7 Å². The van der Waals surface area contributed by atoms with E-state index in [1.54, 1.807) is 48.5 Å². The Balaban J connectivity index is 1.25. The number of halogens is 6. The highest BCUT2D eigenvalue weighted by atomic mass is 35.5. The average molecular weight is 986 g/mol. The van der Waals surface area contributed by atoms with Crippen LogP contribution in [-0.4, -0.2) is 47.3 Å². The van der Waals surface area contributed by atoms with Gasteiger partial charge in [-0.2, -0.15) is 20.5 Å². The number of Topliss-reactive ketones (excluding diaryl/α,β-unsaturated/α-hetero) is 2. The van der Waals surface area contributed by atoms with Gasteiger partial charge in [-0.05, 0) is 112 Å². The summed E-state index contributed by atoms with van der Waals surface area (Å²) in [5.41, 5.74) is 3.00. The SMILES string of the molecule is CC(=O)C(N=Nc1cc(C(=O)Nc2ccc(C(C)Cl)cc2)ccc1Cl)C(=O)Nc1cc(Cl)c(NC(=O)C(N=Nc2cc(C(=O)Nc3ccc(C(C)Cl)cc3)ccc2Cl)C(C)=O)c(Cl)c1. The van der Waals surface area contributed by atoms with Crippen LogP contribution < -0.4 is 21.3 Å². The van der Waals surface area contributed by atoms with Gasteiger partial charge in [0, 0.05) is 28.2 Å². The molecule has 0 spiro atoms. The number of nitrogens with one attached hydrogen (secondary N) is 4. The predicted octanol–water partition coefficient (Wildman–Crippen LogP) is 12.8. The molecule has 20 heteroatoms. The Labute approximate surface area is 397 Å². The minimum Gasteiger partial charge on any atom is -0.324 e. The molecule has 0 saturated heterocycles. The first-order valence-corrected chi connectivity index (χ1v) is 21.3. The quantitative estimate of drug-likeness (QED) is 0.0430. The maximum Gasteiger partial charge on any atom is 0.258 e. The lowest BCUT2D eigenvalue weighted by Gasteiger charge is -2.15. The Morgan fingerprint density at radius 2 is 0.844 bits per heavy atom. The number of hydrogen-bond acceptors (Lipinski definition) is 10. The van der Waals surface area contributed by atoms with E-state index in [0.717, 1.165) is 25.0 Å². The van der Waals surface area contributed by atoms with E-state index in [2.05, 4.69) is 41.7 Å². The molecule has 5 aromatic carbocycles. The maximum absolute atomic E-state index is 13.3. The Kier molecular flexibility index (Phi) is 17.1. The first-order valence-electron chi connectivity index (χ1n) is 18.9. The molecule has 4 unspecified atom stereocenters. The van der Waals surface area contributed by atoms with Gasteiger partial charge in [0.05, 0.1) is 36.5 Å². The van der Waals surface area contributed by atoms with Crippen LogP contribution in [0.1, 0.15) is 70.3 Å². The molecule has 0 fully saturated rings. The van der Waals surface area contributed by atoms with E-state index in [1.807, 2.05) is 13.8 Å². The Morgan fingerprint density at radius 3 is 1.20 bits per heavy atom. The highest BCUT2D eigenvalue weighted by Crippen LogP contribution is 2.35. The van der Waals surface area contributed by atoms with E-state index < -0.39 is 47.3 Å². The summed E-state index contributed by atoms with van der Waals surface area (Å²) in [6.45, 7) is 5.89. The molecule has 4 N–H and O–H groups in total. The predicted molar refractivity (Wildman–Crippen MR) is 252 cm³/mol. The number of rotatable bonds is 16. The standard InChI is InChI=1S/C44H36Cl6N8O6/c1-21(45)25-5-11-29(12-6-25)51-41(61)27-9-15-32(47)36(17-27)55-57-38(23(3)59)43(63)53-31-19-34(49)40(35(50)20-31)54-44(64)39(24(4)60)58-56-37-18-28(10-16-33(37)48)42(62)52-30-13-7-26(8-14-30)22(2)46/h5-22,38-39H,1-4H3,(H,51,61)(H,52,62)(H,53,63)(H,54,64). The zero-order valence-corrected chi connectivity index (χ0v) is 38.6. The van der Waals surface area contributed by atoms with Crippen molar-refractivity contribution in [3.05, 3.63) is 139 Å². The van der Waals surface area contributed by atoms with E-state index in [-0.39, 0.29) is 64.7 Å². The van der Waals surface area contributed by atoms with Crippen molar-refractivity contribution in [2.24, 2.45) is 20.5 Å². The molecule has 0 saturated carbocycles. The summed E-state index contributed by atoms with van der Waals surface area (Å²) in [5.74, 6) is -4.25. The van der Waals surface area contributed by atoms with Crippen molar-refractivity contribution in [3.63, 3.8) is 0 Å². The lowest BCUT2D eigenvalue weighted by Crippen LogP contribution is -2.32. The molecule has 0 aliphatic rings. The van der Waals surface area contributed by atoms with Crippen LogP contribution in [0.15, 0.2) is 118 Å². The molecular formula is C44H36Cl6N8O6. The molecule has 5 aromatic rings. The molecule has 64 heavy (non-hydrogen) atoms. The zero-order valence-electron chi connectivity index (χ0n) is 34.1. The van der Waals surface area contributed by atoms with Crippen molar-refractivity contribution in [2.75, 3.05) is 21.3 Å². The van der Waals surface area contributed by atoms with Gasteiger partial charge in [0.1, 0.15) is 11.4 Å². The number of nitrogens with zero attached hydrogens (tertiary/aromatic N) is 4. The van der Waals surface area contributed by atoms with Gasteiger partial charge >= 0.3 is 0 Å². The number of carbonyl (C=O) groups is 6. The van der Waals surface area contributed by atoms with Crippen LogP contribution in [-0.2, 0) is 19.2 Å². The zero-order chi connectivity index (χ0) is 46.8. The number of ketones is 2. The number of hydrogen-bond donors (Lipinski definition) is 4. The molecule has 0 aliphatic carbocycles. The summed E-state index contributed by atoms with van der Waals surface area (Å²) in [4.78, 5) is 77.8. The maximum atomic E-state index is 13.3. The number of benzene rings is 5. The lowest BCUT2D eigenvalue weighted by molar-refractivity contribution is -0.127. The molecule has 0 aromatic heterocycles. The van der Waals surface area contributed by atoms with Gasteiger partial charge in [0.25, 0.3) is 23.6 Å². The van der Waals surface area contributed by atoms with E-state index >= 15 is 0 Å². The fourth-order valence-electron chi connectivity index (χ4n) is 5.57. The minimum absolute atomic E-state index is 0.00106. The monoisotopic (exact) mass is 982 g/mol. The number of azo groups is 2. The van der Waals surface area contributed by atoms with Crippen LogP contribution >= 0.6 is 69.6 Å².